The molecule has 0 radical (unpaired) electrons. The highest BCUT2D eigenvalue weighted by molar-refractivity contribution is 14.1. The number of sulfonamides is 1. The van der Waals surface area contributed by atoms with Gasteiger partial charge in [0, 0.05) is 8.04 Å². The Balaban J connectivity index is 2.41. The Morgan fingerprint density at radius 2 is 1.90 bits per heavy atom. The fourth-order valence-corrected chi connectivity index (χ4v) is 4.38. The van der Waals surface area contributed by atoms with Crippen LogP contribution in [0.15, 0.2) is 45.8 Å². The van der Waals surface area contributed by atoms with Crippen LogP contribution in [0.4, 0.5) is 10.1 Å². The molecule has 0 aromatic heterocycles. The van der Waals surface area contributed by atoms with Crippen LogP contribution in [0.5, 0.6) is 0 Å². The van der Waals surface area contributed by atoms with E-state index in [0.717, 1.165) is 0 Å². The van der Waals surface area contributed by atoms with Gasteiger partial charge in [0.25, 0.3) is 10.0 Å². The van der Waals surface area contributed by atoms with Crippen LogP contribution < -0.4 is 4.72 Å². The van der Waals surface area contributed by atoms with Crippen LogP contribution in [0.3, 0.4) is 0 Å². The first kappa shape index (κ1) is 16.0. The van der Waals surface area contributed by atoms with E-state index in [-0.39, 0.29) is 9.92 Å². The van der Waals surface area contributed by atoms with E-state index in [1.54, 1.807) is 6.07 Å². The van der Waals surface area contributed by atoms with E-state index in [1.165, 1.54) is 30.3 Å². The van der Waals surface area contributed by atoms with Crippen molar-refractivity contribution in [2.45, 2.75) is 4.90 Å². The van der Waals surface area contributed by atoms with E-state index >= 15 is 0 Å². The predicted molar refractivity (Wildman–Crippen MR) is 89.1 cm³/mol. The Bertz CT molecular complexity index is 770. The summed E-state index contributed by atoms with van der Waals surface area (Å²) in [5.41, 5.74) is 0.297. The highest BCUT2D eigenvalue weighted by atomic mass is 127. The lowest BCUT2D eigenvalue weighted by molar-refractivity contribution is 0.601. The Kier molecular flexibility index (Phi) is 4.93. The van der Waals surface area contributed by atoms with E-state index in [9.17, 15) is 12.8 Å². The second kappa shape index (κ2) is 6.17. The van der Waals surface area contributed by atoms with Gasteiger partial charge in [0.05, 0.1) is 10.7 Å². The molecule has 1 N–H and O–H groups in total. The second-order valence-corrected chi connectivity index (χ2v) is 7.94. The molecular weight excluding hydrogens is 483 g/mol. The first-order chi connectivity index (χ1) is 9.29. The number of benzene rings is 2. The lowest BCUT2D eigenvalue weighted by Gasteiger charge is -2.11. The molecule has 0 amide bonds. The molecule has 0 bridgehead atoms. The maximum Gasteiger partial charge on any atom is 0.263 e. The summed E-state index contributed by atoms with van der Waals surface area (Å²) in [6.07, 6.45) is 0. The minimum atomic E-state index is -3.83. The van der Waals surface area contributed by atoms with Crippen molar-refractivity contribution in [3.05, 3.63) is 55.3 Å². The summed E-state index contributed by atoms with van der Waals surface area (Å²) in [6.45, 7) is 0. The van der Waals surface area contributed by atoms with E-state index < -0.39 is 15.8 Å². The number of nitrogens with one attached hydrogen (secondary N) is 1. The van der Waals surface area contributed by atoms with Gasteiger partial charge in [0.15, 0.2) is 0 Å². The van der Waals surface area contributed by atoms with E-state index in [4.69, 9.17) is 11.6 Å². The molecule has 106 valence electrons. The van der Waals surface area contributed by atoms with Crippen LogP contribution in [-0.2, 0) is 10.0 Å². The summed E-state index contributed by atoms with van der Waals surface area (Å²) < 4.78 is 41.1. The Labute approximate surface area is 142 Å². The van der Waals surface area contributed by atoms with Gasteiger partial charge in [-0.25, -0.2) is 12.8 Å². The molecule has 0 aliphatic carbocycles. The largest absolute Gasteiger partial charge is 0.279 e. The van der Waals surface area contributed by atoms with Gasteiger partial charge in [0.1, 0.15) is 10.7 Å². The third kappa shape index (κ3) is 3.63. The summed E-state index contributed by atoms with van der Waals surface area (Å²) in [5.74, 6) is -0.431. The van der Waals surface area contributed by atoms with Gasteiger partial charge in [-0.1, -0.05) is 27.5 Å². The van der Waals surface area contributed by atoms with Crippen molar-refractivity contribution in [3.63, 3.8) is 0 Å². The molecule has 0 saturated carbocycles. The molecule has 0 unspecified atom stereocenters. The average molecular weight is 491 g/mol. The summed E-state index contributed by atoms with van der Waals surface area (Å²) in [4.78, 5) is -0.0394. The molecule has 8 heteroatoms. The Morgan fingerprint density at radius 3 is 2.50 bits per heavy atom. The van der Waals surface area contributed by atoms with Crippen LogP contribution in [0.1, 0.15) is 0 Å². The van der Waals surface area contributed by atoms with Crippen LogP contribution >= 0.6 is 50.1 Å². The molecule has 20 heavy (non-hydrogen) atoms. The molecule has 2 aromatic carbocycles. The quantitative estimate of drug-likeness (QED) is 0.637. The van der Waals surface area contributed by atoms with Crippen molar-refractivity contribution in [1.82, 2.24) is 0 Å². The standard InChI is InChI=1S/C12H7BrClFINO2S/c13-7-1-4-12(9(14)5-7)20(18,19)17-11-3-2-8(15)6-10(11)16/h1-6,17H. The lowest BCUT2D eigenvalue weighted by Crippen LogP contribution is -2.14. The molecule has 0 fully saturated rings. The first-order valence-electron chi connectivity index (χ1n) is 5.22. The van der Waals surface area contributed by atoms with Crippen LogP contribution in [0.25, 0.3) is 0 Å². The van der Waals surface area contributed by atoms with Crippen molar-refractivity contribution in [3.8, 4) is 0 Å². The summed E-state index contributed by atoms with van der Waals surface area (Å²) in [7, 11) is -3.83. The molecular formula is C12H7BrClFINO2S. The molecule has 2 aromatic rings. The third-order valence-corrected chi connectivity index (χ3v) is 5.59. The van der Waals surface area contributed by atoms with Gasteiger partial charge < -0.3 is 0 Å². The summed E-state index contributed by atoms with van der Waals surface area (Å²) in [6, 6.07) is 8.25. The van der Waals surface area contributed by atoms with Gasteiger partial charge in [-0.05, 0) is 59.0 Å². The minimum Gasteiger partial charge on any atom is -0.279 e. The van der Waals surface area contributed by atoms with Crippen LogP contribution in [-0.4, -0.2) is 8.42 Å². The molecule has 0 atom stereocenters. The van der Waals surface area contributed by atoms with Gasteiger partial charge >= 0.3 is 0 Å². The molecule has 0 spiro atoms. The van der Waals surface area contributed by atoms with Crippen LogP contribution in [0, 0.1) is 9.39 Å². The molecule has 0 aliphatic rings. The smallest absolute Gasteiger partial charge is 0.263 e. The fourth-order valence-electron chi connectivity index (χ4n) is 1.47. The number of hydrogen-bond acceptors (Lipinski definition) is 2. The van der Waals surface area contributed by atoms with E-state index in [1.807, 2.05) is 22.6 Å². The lowest BCUT2D eigenvalue weighted by atomic mass is 10.3. The zero-order valence-electron chi connectivity index (χ0n) is 9.70. The molecule has 0 heterocycles. The normalized spacial score (nSPS) is 11.4. The summed E-state index contributed by atoms with van der Waals surface area (Å²) in [5, 5.41) is 0.101. The zero-order valence-corrected chi connectivity index (χ0v) is 15.0. The van der Waals surface area contributed by atoms with Crippen molar-refractivity contribution < 1.29 is 12.8 Å². The number of rotatable bonds is 3. The Morgan fingerprint density at radius 1 is 1.20 bits per heavy atom. The number of halogens is 4. The Hall–Kier alpha value is -0.380. The van der Waals surface area contributed by atoms with Crippen LogP contribution in [0.2, 0.25) is 5.02 Å². The highest BCUT2D eigenvalue weighted by Crippen LogP contribution is 2.28. The van der Waals surface area contributed by atoms with Gasteiger partial charge in [-0.3, -0.25) is 4.72 Å². The van der Waals surface area contributed by atoms with Crippen molar-refractivity contribution in [1.29, 1.82) is 0 Å². The minimum absolute atomic E-state index is 0.0394. The highest BCUT2D eigenvalue weighted by Gasteiger charge is 2.19. The molecule has 0 aliphatic heterocycles. The van der Waals surface area contributed by atoms with Gasteiger partial charge in [0.2, 0.25) is 0 Å². The molecule has 3 nitrogen and oxygen atoms in total. The topological polar surface area (TPSA) is 46.2 Å². The monoisotopic (exact) mass is 489 g/mol. The van der Waals surface area contributed by atoms with Crippen molar-refractivity contribution in [2.24, 2.45) is 0 Å². The van der Waals surface area contributed by atoms with Crippen molar-refractivity contribution >= 4 is 65.8 Å². The first-order valence-corrected chi connectivity index (χ1v) is 8.96. The van der Waals surface area contributed by atoms with E-state index in [2.05, 4.69) is 20.7 Å². The molecule has 2 rings (SSSR count). The fraction of sp³-hybridized carbons (Fsp3) is 0. The maximum absolute atomic E-state index is 13.0. The van der Waals surface area contributed by atoms with Gasteiger partial charge in [-0.2, -0.15) is 0 Å². The SMILES string of the molecule is O=S(=O)(Nc1ccc(F)cc1I)c1ccc(Br)cc1Cl. The predicted octanol–water partition coefficient (Wildman–Crippen LogP) is 4.65. The second-order valence-electron chi connectivity index (χ2n) is 3.80. The average Bonchev–Trinajstić information content (AvgIpc) is 2.32. The number of anilines is 1. The van der Waals surface area contributed by atoms with E-state index in [0.29, 0.717) is 13.7 Å². The van der Waals surface area contributed by atoms with Crippen molar-refractivity contribution in [2.75, 3.05) is 4.72 Å². The van der Waals surface area contributed by atoms with Gasteiger partial charge in [-0.15, -0.1) is 0 Å². The molecule has 0 saturated heterocycles. The third-order valence-electron chi connectivity index (χ3n) is 2.36. The zero-order chi connectivity index (χ0) is 14.9. The summed E-state index contributed by atoms with van der Waals surface area (Å²) >= 11 is 11.0. The maximum atomic E-state index is 13.0. The number of hydrogen-bond donors (Lipinski definition) is 1.